The average Bonchev–Trinajstić information content (AvgIpc) is 2.86. The monoisotopic (exact) mass is 350 g/mol. The summed E-state index contributed by atoms with van der Waals surface area (Å²) in [5.41, 5.74) is 6.47. The molecule has 16 heavy (non-hydrogen) atoms. The number of hydrogen-bond donors (Lipinski definition) is 2. The molecule has 2 unspecified atom stereocenters. The molecule has 88 valence electrons. The number of amides is 1. The third-order valence-corrected chi connectivity index (χ3v) is 4.90. The minimum absolute atomic E-state index is 0.0458. The molecule has 1 aromatic heterocycles. The highest BCUT2D eigenvalue weighted by molar-refractivity contribution is 14.1. The summed E-state index contributed by atoms with van der Waals surface area (Å²) >= 11 is 3.83. The molecule has 1 aliphatic rings. The zero-order chi connectivity index (χ0) is 11.5. The van der Waals surface area contributed by atoms with Crippen LogP contribution < -0.4 is 11.1 Å². The second-order valence-electron chi connectivity index (χ2n) is 4.15. The second kappa shape index (κ2) is 5.46. The summed E-state index contributed by atoms with van der Waals surface area (Å²) in [5, 5.41) is 5.00. The van der Waals surface area contributed by atoms with Crippen molar-refractivity contribution in [3.05, 3.63) is 19.9 Å². The molecule has 1 aliphatic carbocycles. The van der Waals surface area contributed by atoms with Crippen molar-refractivity contribution in [1.29, 1.82) is 0 Å². The van der Waals surface area contributed by atoms with Crippen LogP contribution >= 0.6 is 33.9 Å². The van der Waals surface area contributed by atoms with Gasteiger partial charge in [0.1, 0.15) is 0 Å². The molecule has 1 amide bonds. The zero-order valence-corrected chi connectivity index (χ0v) is 11.9. The maximum absolute atomic E-state index is 11.9. The van der Waals surface area contributed by atoms with E-state index in [1.165, 1.54) is 6.42 Å². The van der Waals surface area contributed by atoms with Gasteiger partial charge in [-0.3, -0.25) is 4.79 Å². The van der Waals surface area contributed by atoms with E-state index in [2.05, 4.69) is 27.9 Å². The van der Waals surface area contributed by atoms with Crippen LogP contribution in [0.3, 0.4) is 0 Å². The molecule has 2 rings (SSSR count). The van der Waals surface area contributed by atoms with Crippen molar-refractivity contribution in [2.24, 2.45) is 11.7 Å². The molecule has 0 bridgehead atoms. The Labute approximate surface area is 113 Å². The van der Waals surface area contributed by atoms with E-state index in [4.69, 9.17) is 5.73 Å². The molecule has 2 atom stereocenters. The van der Waals surface area contributed by atoms with E-state index in [9.17, 15) is 4.79 Å². The number of carbonyl (C=O) groups is 1. The molecule has 0 aromatic carbocycles. The summed E-state index contributed by atoms with van der Waals surface area (Å²) in [4.78, 5) is 11.9. The Morgan fingerprint density at radius 2 is 2.44 bits per heavy atom. The average molecular weight is 350 g/mol. The lowest BCUT2D eigenvalue weighted by molar-refractivity contribution is 0.0929. The van der Waals surface area contributed by atoms with Gasteiger partial charge in [-0.25, -0.2) is 0 Å². The van der Waals surface area contributed by atoms with Crippen molar-refractivity contribution < 1.29 is 4.79 Å². The van der Waals surface area contributed by atoms with Crippen molar-refractivity contribution in [2.45, 2.75) is 25.3 Å². The van der Waals surface area contributed by atoms with Crippen LogP contribution in [0, 0.1) is 8.80 Å². The Morgan fingerprint density at radius 3 is 3.06 bits per heavy atom. The number of thiophene rings is 1. The number of carbonyl (C=O) groups excluding carboxylic acids is 1. The molecule has 0 spiro atoms. The fourth-order valence-corrected chi connectivity index (χ4v) is 3.52. The summed E-state index contributed by atoms with van der Waals surface area (Å²) in [6.45, 7) is 0.673. The molecule has 5 heteroatoms. The fraction of sp³-hybridized carbons (Fsp3) is 0.545. The number of nitrogens with one attached hydrogen (secondary N) is 1. The fourth-order valence-electron chi connectivity index (χ4n) is 2.19. The van der Waals surface area contributed by atoms with Crippen LogP contribution in [-0.4, -0.2) is 18.5 Å². The highest BCUT2D eigenvalue weighted by Gasteiger charge is 2.27. The standard InChI is InChI=1S/C11H15IN2OS/c12-10-4-8(6-16-10)11(15)14-9-3-1-2-7(9)5-13/h4,6-7,9H,1-3,5,13H2,(H,14,15). The number of halogens is 1. The molecule has 3 nitrogen and oxygen atoms in total. The van der Waals surface area contributed by atoms with E-state index in [1.54, 1.807) is 11.3 Å². The topological polar surface area (TPSA) is 55.1 Å². The van der Waals surface area contributed by atoms with Gasteiger partial charge in [-0.15, -0.1) is 11.3 Å². The highest BCUT2D eigenvalue weighted by atomic mass is 127. The summed E-state index contributed by atoms with van der Waals surface area (Å²) < 4.78 is 1.14. The molecule has 3 N–H and O–H groups in total. The van der Waals surface area contributed by atoms with Crippen molar-refractivity contribution in [2.75, 3.05) is 6.54 Å². The van der Waals surface area contributed by atoms with Gasteiger partial charge in [-0.2, -0.15) is 0 Å². The lowest BCUT2D eigenvalue weighted by atomic mass is 10.0. The number of nitrogens with two attached hydrogens (primary N) is 1. The molecule has 0 aliphatic heterocycles. The minimum Gasteiger partial charge on any atom is -0.349 e. The van der Waals surface area contributed by atoms with Gasteiger partial charge >= 0.3 is 0 Å². The molecule has 1 fully saturated rings. The first-order valence-electron chi connectivity index (χ1n) is 5.45. The van der Waals surface area contributed by atoms with Crippen molar-refractivity contribution >= 4 is 39.8 Å². The zero-order valence-electron chi connectivity index (χ0n) is 8.91. The minimum atomic E-state index is 0.0458. The summed E-state index contributed by atoms with van der Waals surface area (Å²) in [6.07, 6.45) is 3.38. The van der Waals surface area contributed by atoms with Gasteiger partial charge in [-0.1, -0.05) is 6.42 Å². The Hall–Kier alpha value is -0.140. The SMILES string of the molecule is NCC1CCCC1NC(=O)c1csc(I)c1. The Morgan fingerprint density at radius 1 is 1.62 bits per heavy atom. The maximum atomic E-state index is 11.9. The van der Waals surface area contributed by atoms with Crippen LogP contribution in [-0.2, 0) is 0 Å². The third-order valence-electron chi connectivity index (χ3n) is 3.11. The van der Waals surface area contributed by atoms with Gasteiger partial charge in [0.2, 0.25) is 0 Å². The quantitative estimate of drug-likeness (QED) is 0.822. The van der Waals surface area contributed by atoms with Gasteiger partial charge < -0.3 is 11.1 Å². The third kappa shape index (κ3) is 2.75. The van der Waals surface area contributed by atoms with Gasteiger partial charge in [0.25, 0.3) is 5.91 Å². The lowest BCUT2D eigenvalue weighted by Gasteiger charge is -2.18. The van der Waals surface area contributed by atoms with Gasteiger partial charge in [0.05, 0.1) is 8.45 Å². The Balaban J connectivity index is 1.97. The molecule has 1 heterocycles. The summed E-state index contributed by atoms with van der Waals surface area (Å²) in [6, 6.07) is 2.20. The van der Waals surface area contributed by atoms with Crippen LogP contribution in [0.5, 0.6) is 0 Å². The van der Waals surface area contributed by atoms with E-state index in [0.717, 1.165) is 21.3 Å². The van der Waals surface area contributed by atoms with Gasteiger partial charge in [0, 0.05) is 11.4 Å². The first kappa shape index (κ1) is 12.3. The predicted octanol–water partition coefficient (Wildman–Crippen LogP) is 2.21. The predicted molar refractivity (Wildman–Crippen MR) is 74.7 cm³/mol. The Bertz CT molecular complexity index is 380. The van der Waals surface area contributed by atoms with E-state index in [-0.39, 0.29) is 11.9 Å². The van der Waals surface area contributed by atoms with Crippen molar-refractivity contribution in [1.82, 2.24) is 5.32 Å². The van der Waals surface area contributed by atoms with Crippen LogP contribution in [0.15, 0.2) is 11.4 Å². The highest BCUT2D eigenvalue weighted by Crippen LogP contribution is 2.25. The number of hydrogen-bond acceptors (Lipinski definition) is 3. The van der Waals surface area contributed by atoms with Gasteiger partial charge in [0.15, 0.2) is 0 Å². The van der Waals surface area contributed by atoms with Gasteiger partial charge in [-0.05, 0) is 54.0 Å². The molecule has 1 saturated carbocycles. The van der Waals surface area contributed by atoms with Crippen LogP contribution in [0.25, 0.3) is 0 Å². The Kier molecular flexibility index (Phi) is 4.21. The van der Waals surface area contributed by atoms with Crippen LogP contribution in [0.2, 0.25) is 0 Å². The van der Waals surface area contributed by atoms with E-state index in [0.29, 0.717) is 12.5 Å². The molecule has 1 aromatic rings. The first-order valence-corrected chi connectivity index (χ1v) is 7.41. The summed E-state index contributed by atoms with van der Waals surface area (Å²) in [5.74, 6) is 0.506. The van der Waals surface area contributed by atoms with E-state index >= 15 is 0 Å². The van der Waals surface area contributed by atoms with E-state index in [1.807, 2.05) is 11.4 Å². The van der Waals surface area contributed by atoms with Crippen molar-refractivity contribution in [3.8, 4) is 0 Å². The van der Waals surface area contributed by atoms with Crippen LogP contribution in [0.4, 0.5) is 0 Å². The number of rotatable bonds is 3. The molecule has 0 saturated heterocycles. The molecule has 0 radical (unpaired) electrons. The van der Waals surface area contributed by atoms with Crippen LogP contribution in [0.1, 0.15) is 29.6 Å². The van der Waals surface area contributed by atoms with Crippen molar-refractivity contribution in [3.63, 3.8) is 0 Å². The molecular weight excluding hydrogens is 335 g/mol. The second-order valence-corrected chi connectivity index (χ2v) is 6.95. The maximum Gasteiger partial charge on any atom is 0.252 e. The van der Waals surface area contributed by atoms with E-state index < -0.39 is 0 Å². The summed E-state index contributed by atoms with van der Waals surface area (Å²) in [7, 11) is 0. The normalized spacial score (nSPS) is 24.6. The first-order chi connectivity index (χ1) is 7.70. The largest absolute Gasteiger partial charge is 0.349 e. The molecular formula is C11H15IN2OS. The smallest absolute Gasteiger partial charge is 0.252 e. The lowest BCUT2D eigenvalue weighted by Crippen LogP contribution is -2.39.